The van der Waals surface area contributed by atoms with Gasteiger partial charge in [0.15, 0.2) is 5.16 Å². The number of amides is 1. The van der Waals surface area contributed by atoms with Crippen LogP contribution in [0.3, 0.4) is 0 Å². The number of carbonyl (C=O) groups is 1. The quantitative estimate of drug-likeness (QED) is 0.593. The van der Waals surface area contributed by atoms with Gasteiger partial charge in [-0.2, -0.15) is 0 Å². The molecular weight excluding hydrogens is 386 g/mol. The molecule has 28 heavy (non-hydrogen) atoms. The number of nitrogens with one attached hydrogen (secondary N) is 2. The predicted molar refractivity (Wildman–Crippen MR) is 103 cm³/mol. The molecule has 3 rings (SSSR count). The van der Waals surface area contributed by atoms with Gasteiger partial charge in [-0.3, -0.25) is 9.36 Å². The van der Waals surface area contributed by atoms with E-state index in [1.807, 2.05) is 30.3 Å². The molecule has 0 saturated heterocycles. The summed E-state index contributed by atoms with van der Waals surface area (Å²) in [6, 6.07) is 12.6. The molecule has 1 amide bonds. The molecule has 1 atom stereocenters. The Kier molecular flexibility index (Phi) is 6.25. The summed E-state index contributed by atoms with van der Waals surface area (Å²) >= 11 is 1.07. The number of anilines is 1. The first-order valence-corrected chi connectivity index (χ1v) is 9.43. The fraction of sp³-hybridized carbons (Fsp3) is 0.211. The minimum Gasteiger partial charge on any atom is -0.323 e. The van der Waals surface area contributed by atoms with Crippen molar-refractivity contribution >= 4 is 23.4 Å². The van der Waals surface area contributed by atoms with Gasteiger partial charge in [0.25, 0.3) is 0 Å². The van der Waals surface area contributed by atoms with Crippen LogP contribution in [0, 0.1) is 11.6 Å². The number of aromatic nitrogens is 3. The zero-order valence-corrected chi connectivity index (χ0v) is 15.8. The molecule has 0 bridgehead atoms. The van der Waals surface area contributed by atoms with Gasteiger partial charge in [0.2, 0.25) is 5.91 Å². The number of halogens is 2. The summed E-state index contributed by atoms with van der Waals surface area (Å²) in [6.07, 6.45) is 0.634. The van der Waals surface area contributed by atoms with Gasteiger partial charge in [-0.15, -0.1) is 5.10 Å². The van der Waals surface area contributed by atoms with Gasteiger partial charge >= 0.3 is 5.69 Å². The smallest absolute Gasteiger partial charge is 0.323 e. The Morgan fingerprint density at radius 2 is 2.00 bits per heavy atom. The lowest BCUT2D eigenvalue weighted by Crippen LogP contribution is -2.24. The Balaban J connectivity index is 1.66. The molecule has 0 aliphatic carbocycles. The van der Waals surface area contributed by atoms with E-state index in [1.54, 1.807) is 6.92 Å². The molecule has 6 nitrogen and oxygen atoms in total. The van der Waals surface area contributed by atoms with Crippen LogP contribution >= 0.6 is 11.8 Å². The first-order chi connectivity index (χ1) is 13.4. The van der Waals surface area contributed by atoms with Crippen LogP contribution < -0.4 is 11.0 Å². The van der Waals surface area contributed by atoms with Crippen LogP contribution in [0.1, 0.15) is 12.5 Å². The predicted octanol–water partition coefficient (Wildman–Crippen LogP) is 3.21. The normalized spacial score (nSPS) is 12.0. The molecule has 9 heteroatoms. The second-order valence-electron chi connectivity index (χ2n) is 6.07. The van der Waals surface area contributed by atoms with Crippen molar-refractivity contribution in [2.45, 2.75) is 30.3 Å². The highest BCUT2D eigenvalue weighted by Gasteiger charge is 2.20. The standard InChI is InChI=1S/C19H18F2N4O2S/c1-12(17(26)22-16-8-7-14(20)11-15(16)21)28-19-24-23-18(27)25(19)10-9-13-5-3-2-4-6-13/h2-8,11-12H,9-10H2,1H3,(H,22,26)(H,23,27)/t12-/m0/s1. The lowest BCUT2D eigenvalue weighted by Gasteiger charge is -2.12. The molecule has 0 unspecified atom stereocenters. The van der Waals surface area contributed by atoms with E-state index in [4.69, 9.17) is 0 Å². The number of carbonyl (C=O) groups excluding carboxylic acids is 1. The number of thioether (sulfide) groups is 1. The lowest BCUT2D eigenvalue weighted by molar-refractivity contribution is -0.115. The number of H-pyrrole nitrogens is 1. The van der Waals surface area contributed by atoms with Gasteiger partial charge in [-0.1, -0.05) is 42.1 Å². The highest BCUT2D eigenvalue weighted by Crippen LogP contribution is 2.22. The second-order valence-corrected chi connectivity index (χ2v) is 7.38. The van der Waals surface area contributed by atoms with Crippen LogP contribution in [0.25, 0.3) is 0 Å². The summed E-state index contributed by atoms with van der Waals surface area (Å²) in [6.45, 7) is 2.02. The largest absolute Gasteiger partial charge is 0.343 e. The van der Waals surface area contributed by atoms with E-state index in [1.165, 1.54) is 4.57 Å². The van der Waals surface area contributed by atoms with Crippen LogP contribution in [0.4, 0.5) is 14.5 Å². The minimum atomic E-state index is -0.856. The zero-order valence-electron chi connectivity index (χ0n) is 15.0. The topological polar surface area (TPSA) is 79.8 Å². The Bertz CT molecular complexity index is 1020. The van der Waals surface area contributed by atoms with Crippen LogP contribution in [0.15, 0.2) is 58.5 Å². The Morgan fingerprint density at radius 3 is 2.71 bits per heavy atom. The molecule has 0 fully saturated rings. The maximum atomic E-state index is 13.7. The fourth-order valence-corrected chi connectivity index (χ4v) is 3.39. The van der Waals surface area contributed by atoms with Gasteiger partial charge in [0, 0.05) is 12.6 Å². The zero-order chi connectivity index (χ0) is 20.1. The summed E-state index contributed by atoms with van der Waals surface area (Å²) in [5.74, 6) is -2.07. The van der Waals surface area contributed by atoms with Gasteiger partial charge in [-0.25, -0.2) is 18.7 Å². The van der Waals surface area contributed by atoms with E-state index in [2.05, 4.69) is 15.5 Å². The first-order valence-electron chi connectivity index (χ1n) is 8.55. The molecule has 1 heterocycles. The van der Waals surface area contributed by atoms with Gasteiger partial charge in [0.1, 0.15) is 11.6 Å². The monoisotopic (exact) mass is 404 g/mol. The van der Waals surface area contributed by atoms with Crippen molar-refractivity contribution in [1.82, 2.24) is 14.8 Å². The Labute approximate surface area is 164 Å². The van der Waals surface area contributed by atoms with Crippen LogP contribution in [-0.4, -0.2) is 25.9 Å². The van der Waals surface area contributed by atoms with E-state index in [-0.39, 0.29) is 11.4 Å². The van der Waals surface area contributed by atoms with Crippen LogP contribution in [0.2, 0.25) is 0 Å². The maximum absolute atomic E-state index is 13.7. The van der Waals surface area contributed by atoms with Gasteiger partial charge < -0.3 is 5.32 Å². The molecule has 2 N–H and O–H groups in total. The highest BCUT2D eigenvalue weighted by atomic mass is 32.2. The van der Waals surface area contributed by atoms with Crippen molar-refractivity contribution in [3.63, 3.8) is 0 Å². The maximum Gasteiger partial charge on any atom is 0.343 e. The summed E-state index contributed by atoms with van der Waals surface area (Å²) < 4.78 is 28.1. The number of nitrogens with zero attached hydrogens (tertiary/aromatic N) is 2. The Morgan fingerprint density at radius 1 is 1.25 bits per heavy atom. The lowest BCUT2D eigenvalue weighted by atomic mass is 10.1. The molecule has 0 saturated carbocycles. The number of aryl methyl sites for hydroxylation is 1. The molecule has 1 aromatic heterocycles. The van der Waals surface area contributed by atoms with Crippen LogP contribution in [-0.2, 0) is 17.8 Å². The van der Waals surface area contributed by atoms with Gasteiger partial charge in [-0.05, 0) is 31.0 Å². The first kappa shape index (κ1) is 19.8. The third kappa shape index (κ3) is 4.86. The SMILES string of the molecule is C[C@H](Sc1n[nH]c(=O)n1CCc1ccccc1)C(=O)Nc1ccc(F)cc1F. The molecule has 0 spiro atoms. The molecule has 2 aromatic carbocycles. The van der Waals surface area contributed by atoms with Crippen molar-refractivity contribution in [3.05, 3.63) is 76.2 Å². The fourth-order valence-electron chi connectivity index (χ4n) is 2.51. The summed E-state index contributed by atoms with van der Waals surface area (Å²) in [5.41, 5.74) is 0.599. The number of hydrogen-bond acceptors (Lipinski definition) is 4. The molecule has 0 radical (unpaired) electrons. The third-order valence-corrected chi connectivity index (χ3v) is 5.12. The number of hydrogen-bond donors (Lipinski definition) is 2. The van der Waals surface area contributed by atoms with Crippen molar-refractivity contribution in [2.24, 2.45) is 0 Å². The number of benzene rings is 2. The van der Waals surface area contributed by atoms with Crippen molar-refractivity contribution in [3.8, 4) is 0 Å². The average molecular weight is 404 g/mol. The van der Waals surface area contributed by atoms with Crippen molar-refractivity contribution < 1.29 is 13.6 Å². The van der Waals surface area contributed by atoms with Gasteiger partial charge in [0.05, 0.1) is 10.9 Å². The van der Waals surface area contributed by atoms with E-state index in [0.29, 0.717) is 24.2 Å². The van der Waals surface area contributed by atoms with E-state index in [0.717, 1.165) is 29.5 Å². The summed E-state index contributed by atoms with van der Waals surface area (Å²) in [7, 11) is 0. The molecule has 0 aliphatic heterocycles. The highest BCUT2D eigenvalue weighted by molar-refractivity contribution is 8.00. The minimum absolute atomic E-state index is 0.109. The van der Waals surface area contributed by atoms with E-state index >= 15 is 0 Å². The Hall–Kier alpha value is -2.94. The van der Waals surface area contributed by atoms with E-state index in [9.17, 15) is 18.4 Å². The molecule has 146 valence electrons. The van der Waals surface area contributed by atoms with Crippen molar-refractivity contribution in [1.29, 1.82) is 0 Å². The number of rotatable bonds is 7. The van der Waals surface area contributed by atoms with Crippen molar-refractivity contribution in [2.75, 3.05) is 5.32 Å². The molecule has 0 aliphatic rings. The summed E-state index contributed by atoms with van der Waals surface area (Å²) in [4.78, 5) is 24.4. The molecule has 3 aromatic rings. The second kappa shape index (κ2) is 8.83. The van der Waals surface area contributed by atoms with E-state index < -0.39 is 22.8 Å². The van der Waals surface area contributed by atoms with Crippen LogP contribution in [0.5, 0.6) is 0 Å². The average Bonchev–Trinajstić information content (AvgIpc) is 3.02. The number of aromatic amines is 1. The summed E-state index contributed by atoms with van der Waals surface area (Å²) in [5, 5.41) is 8.48. The molecular formula is C19H18F2N4O2S. The third-order valence-electron chi connectivity index (χ3n) is 4.03.